The van der Waals surface area contributed by atoms with Crippen molar-refractivity contribution >= 4 is 11.8 Å². The number of rotatable bonds is 8. The summed E-state index contributed by atoms with van der Waals surface area (Å²) in [5.41, 5.74) is 4.95. The highest BCUT2D eigenvalue weighted by Gasteiger charge is 2.39. The first-order chi connectivity index (χ1) is 13.9. The van der Waals surface area contributed by atoms with Crippen molar-refractivity contribution < 1.29 is 18.7 Å². The van der Waals surface area contributed by atoms with Crippen LogP contribution in [0.2, 0.25) is 0 Å². The number of nitrogens with zero attached hydrogens (tertiary/aromatic N) is 3. The van der Waals surface area contributed by atoms with Gasteiger partial charge in [-0.3, -0.25) is 9.59 Å². The van der Waals surface area contributed by atoms with Crippen molar-refractivity contribution in [3.05, 3.63) is 48.3 Å². The number of halogens is 1. The van der Waals surface area contributed by atoms with Crippen molar-refractivity contribution in [3.63, 3.8) is 0 Å². The molecule has 1 atom stereocenters. The molecular formula is C21H27FN4O3. The van der Waals surface area contributed by atoms with Crippen LogP contribution in [0, 0.1) is 11.2 Å². The topological polar surface area (TPSA) is 90.4 Å². The molecule has 1 fully saturated rings. The maximum absolute atomic E-state index is 13.1. The Morgan fingerprint density at radius 1 is 1.31 bits per heavy atom. The Labute approximate surface area is 169 Å². The van der Waals surface area contributed by atoms with Crippen LogP contribution in [0.3, 0.4) is 0 Å². The summed E-state index contributed by atoms with van der Waals surface area (Å²) in [5, 5.41) is 0. The van der Waals surface area contributed by atoms with Crippen LogP contribution >= 0.6 is 0 Å². The fourth-order valence-electron chi connectivity index (χ4n) is 3.91. The van der Waals surface area contributed by atoms with Crippen molar-refractivity contribution in [1.82, 2.24) is 14.5 Å². The molecule has 2 amide bonds. The van der Waals surface area contributed by atoms with Crippen molar-refractivity contribution in [3.8, 4) is 5.75 Å². The van der Waals surface area contributed by atoms with Gasteiger partial charge >= 0.3 is 0 Å². The fourth-order valence-corrected chi connectivity index (χ4v) is 3.91. The van der Waals surface area contributed by atoms with E-state index in [0.717, 1.165) is 25.1 Å². The molecule has 3 rings (SSSR count). The number of benzene rings is 1. The van der Waals surface area contributed by atoms with Crippen LogP contribution in [-0.4, -0.2) is 46.0 Å². The number of aromatic nitrogens is 2. The summed E-state index contributed by atoms with van der Waals surface area (Å²) in [6.07, 6.45) is 5.86. The van der Waals surface area contributed by atoms with Gasteiger partial charge in [-0.25, -0.2) is 9.37 Å². The van der Waals surface area contributed by atoms with Crippen LogP contribution in [0.25, 0.3) is 0 Å². The Balaban J connectivity index is 1.70. The van der Waals surface area contributed by atoms with E-state index >= 15 is 0 Å². The lowest BCUT2D eigenvalue weighted by molar-refractivity contribution is -0.138. The van der Waals surface area contributed by atoms with Crippen LogP contribution < -0.4 is 10.5 Å². The summed E-state index contributed by atoms with van der Waals surface area (Å²) < 4.78 is 20.8. The second-order valence-electron chi connectivity index (χ2n) is 7.63. The van der Waals surface area contributed by atoms with E-state index in [-0.39, 0.29) is 31.3 Å². The van der Waals surface area contributed by atoms with E-state index in [4.69, 9.17) is 10.5 Å². The molecule has 1 saturated heterocycles. The highest BCUT2D eigenvalue weighted by atomic mass is 19.1. The average Bonchev–Trinajstić information content (AvgIpc) is 3.14. The number of nitrogens with two attached hydrogens (primary N) is 1. The van der Waals surface area contributed by atoms with E-state index in [0.29, 0.717) is 18.8 Å². The number of hydrogen-bond donors (Lipinski definition) is 1. The lowest BCUT2D eigenvalue weighted by Crippen LogP contribution is -2.51. The Morgan fingerprint density at radius 2 is 2.07 bits per heavy atom. The molecule has 0 unspecified atom stereocenters. The first-order valence-electron chi connectivity index (χ1n) is 9.85. The third-order valence-corrected chi connectivity index (χ3v) is 5.35. The van der Waals surface area contributed by atoms with Gasteiger partial charge in [0.2, 0.25) is 11.8 Å². The van der Waals surface area contributed by atoms with Gasteiger partial charge in [0.25, 0.3) is 0 Å². The number of amides is 2. The number of carbonyl (C=O) groups is 2. The van der Waals surface area contributed by atoms with Gasteiger partial charge in [0.1, 0.15) is 23.9 Å². The monoisotopic (exact) mass is 402 g/mol. The number of likely N-dealkylation sites (tertiary alicyclic amines) is 1. The Hall–Kier alpha value is -2.90. The van der Waals surface area contributed by atoms with Gasteiger partial charge in [-0.2, -0.15) is 0 Å². The molecule has 2 N–H and O–H groups in total. The SMILES string of the molecule is CCc1nccn1CC(=O)N1CCC[C@](COc2ccc(F)cc2)(CC(N)=O)C1. The molecule has 2 aromatic rings. The molecule has 2 heterocycles. The maximum Gasteiger partial charge on any atom is 0.242 e. The van der Waals surface area contributed by atoms with Gasteiger partial charge in [0.15, 0.2) is 0 Å². The van der Waals surface area contributed by atoms with Crippen molar-refractivity contribution in [2.24, 2.45) is 11.1 Å². The quantitative estimate of drug-likeness (QED) is 0.733. The van der Waals surface area contributed by atoms with Gasteiger partial charge in [-0.05, 0) is 37.1 Å². The van der Waals surface area contributed by atoms with Crippen LogP contribution in [0.5, 0.6) is 5.75 Å². The van der Waals surface area contributed by atoms with Crippen LogP contribution in [0.1, 0.15) is 32.0 Å². The third-order valence-electron chi connectivity index (χ3n) is 5.35. The van der Waals surface area contributed by atoms with Gasteiger partial charge in [0.05, 0.1) is 6.61 Å². The fraction of sp³-hybridized carbons (Fsp3) is 0.476. The molecule has 0 saturated carbocycles. The van der Waals surface area contributed by atoms with E-state index in [1.54, 1.807) is 29.4 Å². The molecule has 0 bridgehead atoms. The first-order valence-corrected chi connectivity index (χ1v) is 9.85. The van der Waals surface area contributed by atoms with Crippen LogP contribution in [0.15, 0.2) is 36.7 Å². The van der Waals surface area contributed by atoms with E-state index in [2.05, 4.69) is 4.98 Å². The zero-order chi connectivity index (χ0) is 20.9. The molecule has 0 aliphatic carbocycles. The van der Waals surface area contributed by atoms with E-state index < -0.39 is 11.3 Å². The minimum absolute atomic E-state index is 0.0203. The summed E-state index contributed by atoms with van der Waals surface area (Å²) in [6.45, 7) is 3.47. The van der Waals surface area contributed by atoms with Gasteiger partial charge in [0, 0.05) is 43.7 Å². The number of carbonyl (C=O) groups excluding carboxylic acids is 2. The summed E-state index contributed by atoms with van der Waals surface area (Å²) >= 11 is 0. The molecule has 29 heavy (non-hydrogen) atoms. The number of imidazole rings is 1. The average molecular weight is 402 g/mol. The second-order valence-corrected chi connectivity index (χ2v) is 7.63. The predicted octanol–water partition coefficient (Wildman–Crippen LogP) is 2.15. The number of piperidine rings is 1. The molecule has 1 aliphatic heterocycles. The zero-order valence-electron chi connectivity index (χ0n) is 16.6. The number of primary amides is 1. The summed E-state index contributed by atoms with van der Waals surface area (Å²) in [5.74, 6) is 0.589. The molecular weight excluding hydrogens is 375 g/mol. The van der Waals surface area contributed by atoms with Gasteiger partial charge in [-0.1, -0.05) is 6.92 Å². The third kappa shape index (κ3) is 5.34. The number of ether oxygens (including phenoxy) is 1. The first kappa shape index (κ1) is 20.8. The van der Waals surface area contributed by atoms with E-state index in [9.17, 15) is 14.0 Å². The van der Waals surface area contributed by atoms with Crippen molar-refractivity contribution in [2.75, 3.05) is 19.7 Å². The predicted molar refractivity (Wildman–Crippen MR) is 106 cm³/mol. The molecule has 0 spiro atoms. The van der Waals surface area contributed by atoms with Crippen molar-refractivity contribution in [2.45, 2.75) is 39.2 Å². The van der Waals surface area contributed by atoms with Crippen molar-refractivity contribution in [1.29, 1.82) is 0 Å². The molecule has 0 radical (unpaired) electrons. The second kappa shape index (κ2) is 9.07. The molecule has 156 valence electrons. The normalized spacial score (nSPS) is 19.2. The highest BCUT2D eigenvalue weighted by molar-refractivity contribution is 5.77. The van der Waals surface area contributed by atoms with Gasteiger partial charge in [-0.15, -0.1) is 0 Å². The Bertz CT molecular complexity index is 852. The standard InChI is InChI=1S/C21H27FN4O3/c1-2-19-24-9-11-25(19)13-20(28)26-10-3-8-21(14-26,12-18(23)27)15-29-17-6-4-16(22)5-7-17/h4-7,9,11H,2-3,8,10,12-15H2,1H3,(H2,23,27)/t21-/m0/s1. The smallest absolute Gasteiger partial charge is 0.242 e. The molecule has 8 heteroatoms. The highest BCUT2D eigenvalue weighted by Crippen LogP contribution is 2.34. The van der Waals surface area contributed by atoms with Crippen LogP contribution in [-0.2, 0) is 22.6 Å². The molecule has 1 aromatic carbocycles. The summed E-state index contributed by atoms with van der Waals surface area (Å²) in [7, 11) is 0. The lowest BCUT2D eigenvalue weighted by atomic mass is 9.77. The number of hydrogen-bond acceptors (Lipinski definition) is 4. The Morgan fingerprint density at radius 3 is 2.76 bits per heavy atom. The van der Waals surface area contributed by atoms with Crippen LogP contribution in [0.4, 0.5) is 4.39 Å². The van der Waals surface area contributed by atoms with E-state index in [1.165, 1.54) is 12.1 Å². The largest absolute Gasteiger partial charge is 0.493 e. The number of aryl methyl sites for hydroxylation is 1. The molecule has 7 nitrogen and oxygen atoms in total. The summed E-state index contributed by atoms with van der Waals surface area (Å²) in [6, 6.07) is 5.74. The minimum atomic E-state index is -0.559. The zero-order valence-corrected chi connectivity index (χ0v) is 16.6. The summed E-state index contributed by atoms with van der Waals surface area (Å²) in [4.78, 5) is 30.7. The molecule has 1 aromatic heterocycles. The Kier molecular flexibility index (Phi) is 6.51. The molecule has 1 aliphatic rings. The maximum atomic E-state index is 13.1. The lowest BCUT2D eigenvalue weighted by Gasteiger charge is -2.42. The minimum Gasteiger partial charge on any atom is -0.493 e. The van der Waals surface area contributed by atoms with Gasteiger partial charge < -0.3 is 19.9 Å². The van der Waals surface area contributed by atoms with E-state index in [1.807, 2.05) is 11.5 Å².